The van der Waals surface area contributed by atoms with Gasteiger partial charge in [-0.25, -0.2) is 4.98 Å². The van der Waals surface area contributed by atoms with Gasteiger partial charge in [0.05, 0.1) is 18.3 Å². The van der Waals surface area contributed by atoms with Gasteiger partial charge in [0.15, 0.2) is 0 Å². The van der Waals surface area contributed by atoms with E-state index < -0.39 is 0 Å². The Hall–Kier alpha value is -3.40. The van der Waals surface area contributed by atoms with Gasteiger partial charge < -0.3 is 9.32 Å². The van der Waals surface area contributed by atoms with Gasteiger partial charge in [-0.05, 0) is 42.7 Å². The number of rotatable bonds is 7. The van der Waals surface area contributed by atoms with Crippen LogP contribution in [0, 0.1) is 0 Å². The van der Waals surface area contributed by atoms with E-state index >= 15 is 0 Å². The summed E-state index contributed by atoms with van der Waals surface area (Å²) < 4.78 is 5.47. The fraction of sp³-hybridized carbons (Fsp3) is 0.167. The second kappa shape index (κ2) is 8.53. The molecule has 0 aliphatic heterocycles. The van der Waals surface area contributed by atoms with Gasteiger partial charge in [0.25, 0.3) is 5.91 Å². The molecule has 2 heterocycles. The molecule has 140 valence electrons. The van der Waals surface area contributed by atoms with Crippen molar-refractivity contribution < 1.29 is 9.21 Å². The van der Waals surface area contributed by atoms with E-state index in [0.29, 0.717) is 18.8 Å². The highest BCUT2D eigenvalue weighted by Gasteiger charge is 2.18. The fourth-order valence-corrected chi connectivity index (χ4v) is 3.31. The lowest BCUT2D eigenvalue weighted by Crippen LogP contribution is -2.32. The molecule has 0 N–H and O–H groups in total. The topological polar surface area (TPSA) is 46.3 Å². The average Bonchev–Trinajstić information content (AvgIpc) is 3.26. The maximum atomic E-state index is 13.2. The molecule has 4 aromatic rings. The van der Waals surface area contributed by atoms with Crippen LogP contribution in [0.2, 0.25) is 0 Å². The highest BCUT2D eigenvalue weighted by atomic mass is 16.3. The minimum absolute atomic E-state index is 0.0739. The van der Waals surface area contributed by atoms with Crippen LogP contribution in [0.3, 0.4) is 0 Å². The maximum absolute atomic E-state index is 13.2. The van der Waals surface area contributed by atoms with Crippen LogP contribution in [0.5, 0.6) is 0 Å². The van der Waals surface area contributed by atoms with Crippen molar-refractivity contribution >= 4 is 16.8 Å². The Kier molecular flexibility index (Phi) is 5.48. The molecule has 4 rings (SSSR count). The Labute approximate surface area is 164 Å². The van der Waals surface area contributed by atoms with E-state index in [1.54, 1.807) is 12.3 Å². The molecular formula is C24H22N2O2. The lowest BCUT2D eigenvalue weighted by molar-refractivity contribution is 0.0724. The standard InChI is InChI=1S/C24H22N2O2/c27-24(23-15-14-20-11-4-5-13-22(20)25-23)26(18-21-12-7-17-28-21)16-6-10-19-8-2-1-3-9-19/h1-5,7-9,11-15,17H,6,10,16,18H2. The number of fused-ring (bicyclic) bond motifs is 1. The Morgan fingerprint density at radius 1 is 0.893 bits per heavy atom. The van der Waals surface area contributed by atoms with Gasteiger partial charge in [-0.1, -0.05) is 54.6 Å². The number of furan rings is 1. The number of carbonyl (C=O) groups excluding carboxylic acids is 1. The molecule has 0 saturated heterocycles. The first kappa shape index (κ1) is 18.0. The predicted molar refractivity (Wildman–Crippen MR) is 110 cm³/mol. The molecule has 0 atom stereocenters. The molecule has 2 aromatic carbocycles. The van der Waals surface area contributed by atoms with E-state index in [4.69, 9.17) is 4.42 Å². The number of amides is 1. The molecule has 28 heavy (non-hydrogen) atoms. The number of aromatic nitrogens is 1. The lowest BCUT2D eigenvalue weighted by atomic mass is 10.1. The SMILES string of the molecule is O=C(c1ccc2ccccc2n1)N(CCCc1ccccc1)Cc1ccco1. The van der Waals surface area contributed by atoms with Gasteiger partial charge in [-0.15, -0.1) is 0 Å². The number of para-hydroxylation sites is 1. The lowest BCUT2D eigenvalue weighted by Gasteiger charge is -2.21. The first-order chi connectivity index (χ1) is 13.8. The zero-order valence-electron chi connectivity index (χ0n) is 15.6. The first-order valence-electron chi connectivity index (χ1n) is 9.51. The summed E-state index contributed by atoms with van der Waals surface area (Å²) in [4.78, 5) is 19.6. The van der Waals surface area contributed by atoms with Crippen molar-refractivity contribution in [1.82, 2.24) is 9.88 Å². The van der Waals surface area contributed by atoms with E-state index in [0.717, 1.165) is 29.5 Å². The maximum Gasteiger partial charge on any atom is 0.272 e. The van der Waals surface area contributed by atoms with E-state index in [9.17, 15) is 4.79 Å². The van der Waals surface area contributed by atoms with E-state index in [1.165, 1.54) is 5.56 Å². The molecule has 0 aliphatic carbocycles. The Morgan fingerprint density at radius 3 is 2.54 bits per heavy atom. The summed E-state index contributed by atoms with van der Waals surface area (Å²) >= 11 is 0. The molecular weight excluding hydrogens is 348 g/mol. The zero-order valence-corrected chi connectivity index (χ0v) is 15.6. The first-order valence-corrected chi connectivity index (χ1v) is 9.51. The van der Waals surface area contributed by atoms with Crippen LogP contribution in [0.25, 0.3) is 10.9 Å². The Morgan fingerprint density at radius 2 is 1.71 bits per heavy atom. The minimum atomic E-state index is -0.0739. The van der Waals surface area contributed by atoms with Crippen molar-refractivity contribution in [1.29, 1.82) is 0 Å². The van der Waals surface area contributed by atoms with Crippen LogP contribution in [0.4, 0.5) is 0 Å². The van der Waals surface area contributed by atoms with E-state index in [1.807, 2.05) is 65.6 Å². The van der Waals surface area contributed by atoms with Crippen LogP contribution >= 0.6 is 0 Å². The molecule has 0 bridgehead atoms. The summed E-state index contributed by atoms with van der Waals surface area (Å²) in [5.74, 6) is 0.698. The third kappa shape index (κ3) is 4.29. The zero-order chi connectivity index (χ0) is 19.2. The molecule has 0 saturated carbocycles. The molecule has 0 radical (unpaired) electrons. The molecule has 4 heteroatoms. The normalized spacial score (nSPS) is 10.9. The van der Waals surface area contributed by atoms with Crippen LogP contribution in [0.1, 0.15) is 28.2 Å². The van der Waals surface area contributed by atoms with Crippen molar-refractivity contribution in [3.63, 3.8) is 0 Å². The van der Waals surface area contributed by atoms with Crippen LogP contribution < -0.4 is 0 Å². The van der Waals surface area contributed by atoms with Crippen molar-refractivity contribution in [2.45, 2.75) is 19.4 Å². The fourth-order valence-electron chi connectivity index (χ4n) is 3.31. The number of hydrogen-bond acceptors (Lipinski definition) is 3. The van der Waals surface area contributed by atoms with E-state index in [-0.39, 0.29) is 5.91 Å². The van der Waals surface area contributed by atoms with Gasteiger partial charge in [-0.3, -0.25) is 4.79 Å². The summed E-state index contributed by atoms with van der Waals surface area (Å²) in [6.07, 6.45) is 3.44. The van der Waals surface area contributed by atoms with Crippen LogP contribution in [-0.4, -0.2) is 22.3 Å². The summed E-state index contributed by atoms with van der Waals surface area (Å²) in [6, 6.07) is 25.6. The van der Waals surface area contributed by atoms with Gasteiger partial charge in [0.1, 0.15) is 11.5 Å². The third-order valence-electron chi connectivity index (χ3n) is 4.77. The number of aryl methyl sites for hydroxylation is 1. The molecule has 0 spiro atoms. The molecule has 0 aliphatic rings. The highest BCUT2D eigenvalue weighted by Crippen LogP contribution is 2.16. The van der Waals surface area contributed by atoms with Crippen LogP contribution in [-0.2, 0) is 13.0 Å². The summed E-state index contributed by atoms with van der Waals surface area (Å²) in [6.45, 7) is 1.08. The predicted octanol–water partition coefficient (Wildman–Crippen LogP) is 5.10. The summed E-state index contributed by atoms with van der Waals surface area (Å²) in [5, 5.41) is 1.03. The third-order valence-corrected chi connectivity index (χ3v) is 4.77. The average molecular weight is 370 g/mol. The number of hydrogen-bond donors (Lipinski definition) is 0. The van der Waals surface area contributed by atoms with Gasteiger partial charge in [0, 0.05) is 11.9 Å². The monoisotopic (exact) mass is 370 g/mol. The van der Waals surface area contributed by atoms with Gasteiger partial charge >= 0.3 is 0 Å². The molecule has 1 amide bonds. The number of pyridine rings is 1. The van der Waals surface area contributed by atoms with Crippen LogP contribution in [0.15, 0.2) is 89.5 Å². The molecule has 2 aromatic heterocycles. The summed E-state index contributed by atoms with van der Waals surface area (Å²) in [7, 11) is 0. The van der Waals surface area contributed by atoms with Gasteiger partial charge in [-0.2, -0.15) is 0 Å². The van der Waals surface area contributed by atoms with E-state index in [2.05, 4.69) is 17.1 Å². The number of benzene rings is 2. The quantitative estimate of drug-likeness (QED) is 0.454. The van der Waals surface area contributed by atoms with Crippen molar-refractivity contribution in [2.75, 3.05) is 6.54 Å². The highest BCUT2D eigenvalue weighted by molar-refractivity contribution is 5.94. The van der Waals surface area contributed by atoms with Crippen molar-refractivity contribution in [3.8, 4) is 0 Å². The number of nitrogens with zero attached hydrogens (tertiary/aromatic N) is 2. The smallest absolute Gasteiger partial charge is 0.272 e. The minimum Gasteiger partial charge on any atom is -0.467 e. The second-order valence-corrected chi connectivity index (χ2v) is 6.78. The Balaban J connectivity index is 1.51. The molecule has 4 nitrogen and oxygen atoms in total. The molecule has 0 unspecified atom stereocenters. The molecule has 0 fully saturated rings. The van der Waals surface area contributed by atoms with Crippen molar-refractivity contribution in [3.05, 3.63) is 102 Å². The Bertz CT molecular complexity index is 1040. The number of carbonyl (C=O) groups is 1. The summed E-state index contributed by atoms with van der Waals surface area (Å²) in [5.41, 5.74) is 2.57. The van der Waals surface area contributed by atoms with Gasteiger partial charge in [0.2, 0.25) is 0 Å². The van der Waals surface area contributed by atoms with Crippen molar-refractivity contribution in [2.24, 2.45) is 0 Å². The second-order valence-electron chi connectivity index (χ2n) is 6.78. The largest absolute Gasteiger partial charge is 0.467 e.